The highest BCUT2D eigenvalue weighted by molar-refractivity contribution is 5.79. The van der Waals surface area contributed by atoms with Crippen LogP contribution in [0.15, 0.2) is 30.3 Å². The van der Waals surface area contributed by atoms with Gasteiger partial charge in [0.05, 0.1) is 5.52 Å². The van der Waals surface area contributed by atoms with Gasteiger partial charge in [0.1, 0.15) is 0 Å². The average Bonchev–Trinajstić information content (AvgIpc) is 3.06. The Morgan fingerprint density at radius 2 is 1.95 bits per heavy atom. The summed E-state index contributed by atoms with van der Waals surface area (Å²) in [6.45, 7) is 2.03. The Kier molecular flexibility index (Phi) is 2.79. The van der Waals surface area contributed by atoms with E-state index in [1.165, 1.54) is 30.2 Å². The Hall–Kier alpha value is -1.45. The molecule has 2 aliphatic carbocycles. The van der Waals surface area contributed by atoms with E-state index in [0.29, 0.717) is 5.92 Å². The van der Waals surface area contributed by atoms with Gasteiger partial charge in [-0.2, -0.15) is 0 Å². The fourth-order valence-electron chi connectivity index (χ4n) is 3.98. The molecule has 0 spiro atoms. The molecule has 2 aromatic rings. The van der Waals surface area contributed by atoms with E-state index in [0.717, 1.165) is 23.0 Å². The van der Waals surface area contributed by atoms with Crippen LogP contribution in [0.5, 0.6) is 0 Å². The van der Waals surface area contributed by atoms with Gasteiger partial charge in [-0.15, -0.1) is 0 Å². The molecule has 0 saturated heterocycles. The van der Waals surface area contributed by atoms with E-state index < -0.39 is 0 Å². The van der Waals surface area contributed by atoms with E-state index in [1.807, 2.05) is 6.92 Å². The number of hydrogen-bond donors (Lipinski definition) is 2. The molecular formula is C17H21N3. The topological polar surface area (TPSA) is 50.9 Å². The second-order valence-corrected chi connectivity index (χ2v) is 6.54. The van der Waals surface area contributed by atoms with E-state index >= 15 is 0 Å². The van der Waals surface area contributed by atoms with Crippen LogP contribution in [0, 0.1) is 24.7 Å². The third kappa shape index (κ3) is 2.02. The number of aryl methyl sites for hydroxylation is 1. The minimum absolute atomic E-state index is 0.286. The molecule has 2 aliphatic rings. The Morgan fingerprint density at radius 1 is 1.15 bits per heavy atom. The van der Waals surface area contributed by atoms with Gasteiger partial charge in [-0.05, 0) is 67.7 Å². The lowest BCUT2D eigenvalue weighted by atomic mass is 9.89. The highest BCUT2D eigenvalue weighted by Gasteiger charge is 2.47. The molecule has 3 atom stereocenters. The number of aromatic nitrogens is 1. The van der Waals surface area contributed by atoms with Gasteiger partial charge in [-0.25, -0.2) is 0 Å². The molecule has 20 heavy (non-hydrogen) atoms. The number of hydrogen-bond acceptors (Lipinski definition) is 3. The van der Waals surface area contributed by atoms with Crippen LogP contribution < -0.4 is 11.3 Å². The molecule has 2 saturated carbocycles. The predicted molar refractivity (Wildman–Crippen MR) is 80.9 cm³/mol. The van der Waals surface area contributed by atoms with Gasteiger partial charge in [0, 0.05) is 17.1 Å². The van der Waals surface area contributed by atoms with Crippen LogP contribution in [0.2, 0.25) is 0 Å². The largest absolute Gasteiger partial charge is 0.271 e. The summed E-state index contributed by atoms with van der Waals surface area (Å²) >= 11 is 0. The summed E-state index contributed by atoms with van der Waals surface area (Å²) in [7, 11) is 0. The van der Waals surface area contributed by atoms with E-state index in [2.05, 4.69) is 40.7 Å². The monoisotopic (exact) mass is 267 g/mol. The molecule has 2 fully saturated rings. The van der Waals surface area contributed by atoms with Crippen molar-refractivity contribution < 1.29 is 0 Å². The van der Waals surface area contributed by atoms with Crippen LogP contribution in [-0.2, 0) is 0 Å². The maximum absolute atomic E-state index is 5.85. The summed E-state index contributed by atoms with van der Waals surface area (Å²) in [5, 5.41) is 1.21. The molecular weight excluding hydrogens is 246 g/mol. The summed E-state index contributed by atoms with van der Waals surface area (Å²) in [5.74, 6) is 8.51. The number of nitrogens with one attached hydrogen (secondary N) is 1. The summed E-state index contributed by atoms with van der Waals surface area (Å²) in [5.41, 5.74) is 6.49. The number of benzene rings is 1. The van der Waals surface area contributed by atoms with Crippen LogP contribution in [0.3, 0.4) is 0 Å². The molecule has 104 valence electrons. The maximum atomic E-state index is 5.85. The Morgan fingerprint density at radius 3 is 2.70 bits per heavy atom. The molecule has 0 radical (unpaired) electrons. The van der Waals surface area contributed by atoms with Crippen molar-refractivity contribution in [2.24, 2.45) is 23.6 Å². The zero-order valence-corrected chi connectivity index (χ0v) is 11.8. The standard InChI is InChI=1S/C17H21N3/c1-10-2-3-11-6-12(4-5-16(11)19-10)17(20-18)15-8-13-7-14(13)9-15/h2-6,13-15,17,20H,7-9,18H2,1H3. The van der Waals surface area contributed by atoms with Gasteiger partial charge in [-0.3, -0.25) is 16.3 Å². The number of fused-ring (bicyclic) bond motifs is 2. The lowest BCUT2D eigenvalue weighted by Gasteiger charge is -2.24. The molecule has 1 aromatic carbocycles. The van der Waals surface area contributed by atoms with Crippen molar-refractivity contribution in [3.8, 4) is 0 Å². The first-order valence-electron chi connectivity index (χ1n) is 7.58. The van der Waals surface area contributed by atoms with Crippen LogP contribution in [0.25, 0.3) is 10.9 Å². The maximum Gasteiger partial charge on any atom is 0.0705 e. The quantitative estimate of drug-likeness (QED) is 0.663. The molecule has 3 N–H and O–H groups in total. The number of hydrazine groups is 1. The van der Waals surface area contributed by atoms with E-state index in [1.54, 1.807) is 0 Å². The second-order valence-electron chi connectivity index (χ2n) is 6.54. The van der Waals surface area contributed by atoms with Gasteiger partial charge >= 0.3 is 0 Å². The molecule has 0 bridgehead atoms. The lowest BCUT2D eigenvalue weighted by molar-refractivity contribution is 0.346. The first-order chi connectivity index (χ1) is 9.74. The molecule has 1 heterocycles. The average molecular weight is 267 g/mol. The molecule has 0 aliphatic heterocycles. The molecule has 3 nitrogen and oxygen atoms in total. The number of nitrogens with two attached hydrogens (primary N) is 1. The smallest absolute Gasteiger partial charge is 0.0705 e. The van der Waals surface area contributed by atoms with E-state index in [-0.39, 0.29) is 6.04 Å². The van der Waals surface area contributed by atoms with Crippen LogP contribution in [0.1, 0.15) is 36.6 Å². The van der Waals surface area contributed by atoms with Gasteiger partial charge in [0.2, 0.25) is 0 Å². The summed E-state index contributed by atoms with van der Waals surface area (Å²) < 4.78 is 0. The minimum atomic E-state index is 0.286. The molecule has 0 amide bonds. The zero-order valence-electron chi connectivity index (χ0n) is 11.8. The molecule has 3 heteroatoms. The lowest BCUT2D eigenvalue weighted by Crippen LogP contribution is -2.33. The SMILES string of the molecule is Cc1ccc2cc(C(NN)C3CC4CC4C3)ccc2n1. The normalized spacial score (nSPS) is 29.4. The van der Waals surface area contributed by atoms with E-state index in [9.17, 15) is 0 Å². The van der Waals surface area contributed by atoms with Crippen molar-refractivity contribution in [1.82, 2.24) is 10.4 Å². The van der Waals surface area contributed by atoms with Crippen molar-refractivity contribution in [3.63, 3.8) is 0 Å². The van der Waals surface area contributed by atoms with Crippen LogP contribution >= 0.6 is 0 Å². The molecule has 4 rings (SSSR count). The molecule has 1 aromatic heterocycles. The van der Waals surface area contributed by atoms with Gasteiger partial charge < -0.3 is 0 Å². The fourth-order valence-corrected chi connectivity index (χ4v) is 3.98. The van der Waals surface area contributed by atoms with Gasteiger partial charge in [0.15, 0.2) is 0 Å². The Balaban J connectivity index is 1.67. The second kappa shape index (κ2) is 4.54. The zero-order chi connectivity index (χ0) is 13.7. The van der Waals surface area contributed by atoms with E-state index in [4.69, 9.17) is 5.84 Å². The fraction of sp³-hybridized carbons (Fsp3) is 0.471. The minimum Gasteiger partial charge on any atom is -0.271 e. The predicted octanol–water partition coefficient (Wildman–Crippen LogP) is 3.09. The van der Waals surface area contributed by atoms with Crippen molar-refractivity contribution in [2.75, 3.05) is 0 Å². The Labute approximate surface area is 119 Å². The molecule has 3 unspecified atom stereocenters. The highest BCUT2D eigenvalue weighted by atomic mass is 15.2. The van der Waals surface area contributed by atoms with Crippen molar-refractivity contribution in [1.29, 1.82) is 0 Å². The first kappa shape index (κ1) is 12.3. The summed E-state index contributed by atoms with van der Waals surface area (Å²) in [6, 6.07) is 11.1. The third-order valence-electron chi connectivity index (χ3n) is 5.14. The highest BCUT2D eigenvalue weighted by Crippen LogP contribution is 2.57. The van der Waals surface area contributed by atoms with Crippen LogP contribution in [-0.4, -0.2) is 4.98 Å². The van der Waals surface area contributed by atoms with Crippen molar-refractivity contribution >= 4 is 10.9 Å². The summed E-state index contributed by atoms with van der Waals surface area (Å²) in [4.78, 5) is 4.57. The van der Waals surface area contributed by atoms with Crippen molar-refractivity contribution in [3.05, 3.63) is 41.6 Å². The first-order valence-corrected chi connectivity index (χ1v) is 7.58. The van der Waals surface area contributed by atoms with Gasteiger partial charge in [-0.1, -0.05) is 12.1 Å². The van der Waals surface area contributed by atoms with Gasteiger partial charge in [0.25, 0.3) is 0 Å². The number of nitrogens with zero attached hydrogens (tertiary/aromatic N) is 1. The summed E-state index contributed by atoms with van der Waals surface area (Å²) in [6.07, 6.45) is 4.13. The Bertz CT molecular complexity index is 642. The number of pyridine rings is 1. The third-order valence-corrected chi connectivity index (χ3v) is 5.14. The van der Waals surface area contributed by atoms with Crippen LogP contribution in [0.4, 0.5) is 0 Å². The number of rotatable bonds is 3. The van der Waals surface area contributed by atoms with Crippen molar-refractivity contribution in [2.45, 2.75) is 32.2 Å².